The summed E-state index contributed by atoms with van der Waals surface area (Å²) in [6.07, 6.45) is 7.81. The van der Waals surface area contributed by atoms with Crippen LogP contribution in [0.2, 0.25) is 0 Å². The van der Waals surface area contributed by atoms with Gasteiger partial charge in [-0.15, -0.1) is 12.4 Å². The second kappa shape index (κ2) is 13.4. The van der Waals surface area contributed by atoms with Crippen LogP contribution >= 0.6 is 28.3 Å². The number of rotatable bonds is 8. The molecule has 3 aromatic carbocycles. The van der Waals surface area contributed by atoms with Crippen molar-refractivity contribution in [2.75, 3.05) is 30.5 Å². The normalized spacial score (nSPS) is 26.8. The van der Waals surface area contributed by atoms with Crippen LogP contribution in [-0.4, -0.2) is 50.5 Å². The molecule has 5 aliphatic rings. The average molecular weight is 724 g/mol. The second-order valence-electron chi connectivity index (χ2n) is 14.2. The monoisotopic (exact) mass is 722 g/mol. The zero-order valence-electron chi connectivity index (χ0n) is 27.3. The Hall–Kier alpha value is -3.14. The molecule has 0 saturated heterocycles. The number of nitrogens with zero attached hydrogens (tertiary/aromatic N) is 2. The number of halogens is 2. The van der Waals surface area contributed by atoms with Crippen LogP contribution in [0.4, 0.5) is 11.4 Å². The van der Waals surface area contributed by atoms with E-state index >= 15 is 0 Å². The van der Waals surface area contributed by atoms with E-state index in [1.807, 2.05) is 54.6 Å². The average Bonchev–Trinajstić information content (AvgIpc) is 3.14. The van der Waals surface area contributed by atoms with E-state index in [1.165, 1.54) is 19.3 Å². The van der Waals surface area contributed by atoms with E-state index in [-0.39, 0.29) is 48.6 Å². The summed E-state index contributed by atoms with van der Waals surface area (Å²) in [5.41, 5.74) is 2.25. The minimum atomic E-state index is -0.925. The summed E-state index contributed by atoms with van der Waals surface area (Å²) in [5, 5.41) is 7.96. The van der Waals surface area contributed by atoms with E-state index in [0.29, 0.717) is 23.5 Å². The first-order valence-electron chi connectivity index (χ1n) is 16.6. The third-order valence-corrected chi connectivity index (χ3v) is 11.6. The van der Waals surface area contributed by atoms with Crippen LogP contribution in [0.15, 0.2) is 59.1 Å². The third-order valence-electron chi connectivity index (χ3n) is 11.1. The molecule has 2 atom stereocenters. The molecule has 8 rings (SSSR count). The van der Waals surface area contributed by atoms with Gasteiger partial charge in [-0.05, 0) is 117 Å². The molecule has 1 heterocycles. The van der Waals surface area contributed by atoms with Gasteiger partial charge < -0.3 is 25.2 Å². The molecule has 2 unspecified atom stereocenters. The summed E-state index contributed by atoms with van der Waals surface area (Å²) < 4.78 is 6.78. The highest BCUT2D eigenvalue weighted by atomic mass is 79.9. The van der Waals surface area contributed by atoms with E-state index < -0.39 is 12.1 Å². The molecule has 4 bridgehead atoms. The molecular weight excluding hydrogens is 680 g/mol. The Balaban J connectivity index is 0.00000386. The molecule has 0 aromatic heterocycles. The summed E-state index contributed by atoms with van der Waals surface area (Å²) in [6.45, 7) is 2.06. The molecule has 3 aromatic rings. The number of fused-ring (bicyclic) bond motifs is 2. The second-order valence-corrected chi connectivity index (χ2v) is 15.1. The Bertz CT molecular complexity index is 1660. The van der Waals surface area contributed by atoms with Gasteiger partial charge in [0.15, 0.2) is 0 Å². The maximum Gasteiger partial charge on any atom is 0.251 e. The Morgan fingerprint density at radius 2 is 1.66 bits per heavy atom. The van der Waals surface area contributed by atoms with E-state index in [4.69, 9.17) is 4.74 Å². The minimum absolute atomic E-state index is 0. The molecule has 2 N–H and O–H groups in total. The van der Waals surface area contributed by atoms with Crippen molar-refractivity contribution in [1.29, 1.82) is 0 Å². The van der Waals surface area contributed by atoms with E-state index in [1.54, 1.807) is 30.9 Å². The summed E-state index contributed by atoms with van der Waals surface area (Å²) >= 11 is 3.58. The van der Waals surface area contributed by atoms with E-state index in [0.717, 1.165) is 57.8 Å². The van der Waals surface area contributed by atoms with Gasteiger partial charge in [0.1, 0.15) is 11.8 Å². The smallest absolute Gasteiger partial charge is 0.251 e. The van der Waals surface area contributed by atoms with Gasteiger partial charge in [0.2, 0.25) is 11.8 Å². The number of hydrogen-bond acceptors (Lipinski definition) is 5. The van der Waals surface area contributed by atoms with Crippen molar-refractivity contribution in [3.05, 3.63) is 64.6 Å². The van der Waals surface area contributed by atoms with Crippen LogP contribution in [0.3, 0.4) is 0 Å². The van der Waals surface area contributed by atoms with Gasteiger partial charge in [-0.3, -0.25) is 14.4 Å². The number of hydrogen-bond donors (Lipinski definition) is 2. The molecule has 3 amide bonds. The lowest BCUT2D eigenvalue weighted by Crippen LogP contribution is -2.56. The van der Waals surface area contributed by atoms with Gasteiger partial charge in [-0.2, -0.15) is 0 Å². The zero-order chi connectivity index (χ0) is 32.2. The number of methoxy groups -OCH3 is 1. The standard InChI is InChI=1S/C37H43BrN4O4.ClH/c1-22(39-2)35(44)40-30-21-41(34(43)19-37-16-23-12-24(17-37)14-25(13-23)18-37)31-6-4-5-7-32(31)42(36(30)45)20-29-28-10-9-27(38)15-26(28)8-11-33(29)46-3;/h4-11,15,22-25,30,39H,12-14,16-21H2,1-3H3,(H,40,44);1H. The van der Waals surface area contributed by atoms with Crippen molar-refractivity contribution in [3.8, 4) is 5.75 Å². The summed E-state index contributed by atoms with van der Waals surface area (Å²) in [6, 6.07) is 16.2. The lowest BCUT2D eigenvalue weighted by Gasteiger charge is -2.57. The predicted molar refractivity (Wildman–Crippen MR) is 191 cm³/mol. The highest BCUT2D eigenvalue weighted by Crippen LogP contribution is 2.61. The molecular formula is C37H44BrClN4O4. The molecule has 0 radical (unpaired) electrons. The van der Waals surface area contributed by atoms with Crippen LogP contribution in [-0.2, 0) is 20.9 Å². The fourth-order valence-corrected chi connectivity index (χ4v) is 9.68. The maximum atomic E-state index is 14.6. The number of anilines is 2. The molecule has 4 fully saturated rings. The highest BCUT2D eigenvalue weighted by Gasteiger charge is 2.52. The highest BCUT2D eigenvalue weighted by molar-refractivity contribution is 9.10. The minimum Gasteiger partial charge on any atom is -0.496 e. The molecule has 8 nitrogen and oxygen atoms in total. The van der Waals surface area contributed by atoms with Gasteiger partial charge in [-0.25, -0.2) is 0 Å². The number of amides is 3. The first kappa shape index (κ1) is 33.7. The first-order valence-corrected chi connectivity index (χ1v) is 17.4. The van der Waals surface area contributed by atoms with Gasteiger partial charge >= 0.3 is 0 Å². The topological polar surface area (TPSA) is 91.0 Å². The van der Waals surface area contributed by atoms with E-state index in [9.17, 15) is 14.4 Å². The lowest BCUT2D eigenvalue weighted by molar-refractivity contribution is -0.129. The Morgan fingerprint density at radius 3 is 2.30 bits per heavy atom. The summed E-state index contributed by atoms with van der Waals surface area (Å²) in [4.78, 5) is 45.9. The van der Waals surface area contributed by atoms with Crippen LogP contribution in [0.25, 0.3) is 10.8 Å². The molecule has 10 heteroatoms. The third kappa shape index (κ3) is 6.39. The summed E-state index contributed by atoms with van der Waals surface area (Å²) in [5.74, 6) is 2.37. The number of carbonyl (C=O) groups excluding carboxylic acids is 3. The van der Waals surface area contributed by atoms with Crippen LogP contribution in [0, 0.1) is 23.2 Å². The van der Waals surface area contributed by atoms with Crippen LogP contribution < -0.4 is 25.2 Å². The van der Waals surface area contributed by atoms with Crippen molar-refractivity contribution < 1.29 is 19.1 Å². The Morgan fingerprint density at radius 1 is 1.00 bits per heavy atom. The number of para-hydroxylation sites is 2. The summed E-state index contributed by atoms with van der Waals surface area (Å²) in [7, 11) is 3.35. The molecule has 4 saturated carbocycles. The predicted octanol–water partition coefficient (Wildman–Crippen LogP) is 6.61. The molecule has 1 aliphatic heterocycles. The van der Waals surface area contributed by atoms with Crippen molar-refractivity contribution >= 4 is 68.2 Å². The number of likely N-dealkylation sites (N-methyl/N-ethyl adjacent to an activating group) is 1. The maximum absolute atomic E-state index is 14.6. The fraction of sp³-hybridized carbons (Fsp3) is 0.486. The van der Waals surface area contributed by atoms with Gasteiger partial charge in [0.05, 0.1) is 37.6 Å². The first-order chi connectivity index (χ1) is 22.2. The van der Waals surface area contributed by atoms with Gasteiger partial charge in [0, 0.05) is 16.5 Å². The fourth-order valence-electron chi connectivity index (χ4n) is 9.30. The molecule has 4 aliphatic carbocycles. The molecule has 47 heavy (non-hydrogen) atoms. The van der Waals surface area contributed by atoms with Crippen molar-refractivity contribution in [3.63, 3.8) is 0 Å². The number of carbonyl (C=O) groups is 3. The van der Waals surface area contributed by atoms with Crippen molar-refractivity contribution in [1.82, 2.24) is 10.6 Å². The van der Waals surface area contributed by atoms with Crippen LogP contribution in [0.5, 0.6) is 5.75 Å². The van der Waals surface area contributed by atoms with Gasteiger partial charge in [-0.1, -0.05) is 40.2 Å². The zero-order valence-corrected chi connectivity index (χ0v) is 29.7. The Labute approximate surface area is 291 Å². The Kier molecular flexibility index (Phi) is 9.62. The van der Waals surface area contributed by atoms with Gasteiger partial charge in [0.25, 0.3) is 5.91 Å². The number of benzene rings is 3. The lowest BCUT2D eigenvalue weighted by atomic mass is 9.49. The van der Waals surface area contributed by atoms with E-state index in [2.05, 4.69) is 26.6 Å². The quantitative estimate of drug-likeness (QED) is 0.273. The van der Waals surface area contributed by atoms with Crippen molar-refractivity contribution in [2.24, 2.45) is 23.2 Å². The number of nitrogens with one attached hydrogen (secondary N) is 2. The largest absolute Gasteiger partial charge is 0.496 e. The van der Waals surface area contributed by atoms with Crippen molar-refractivity contribution in [2.45, 2.75) is 70.5 Å². The molecule has 0 spiro atoms. The molecule has 250 valence electrons. The van der Waals surface area contributed by atoms with Crippen LogP contribution in [0.1, 0.15) is 57.4 Å². The number of ether oxygens (including phenoxy) is 1. The SMILES string of the molecule is CNC(C)C(=O)NC1CN(C(=O)CC23CC4CC(CC(C4)C2)C3)c2ccccc2N(Cc2c(OC)ccc3cc(Br)ccc23)C1=O.Cl.